The molecule has 1 N–H and O–H groups in total. The first-order chi connectivity index (χ1) is 9.76. The van der Waals surface area contributed by atoms with Crippen molar-refractivity contribution in [3.8, 4) is 0 Å². The minimum atomic E-state index is -3.78. The van der Waals surface area contributed by atoms with Gasteiger partial charge in [-0.05, 0) is 32.1 Å². The lowest BCUT2D eigenvalue weighted by Gasteiger charge is -2.22. The molecule has 118 valence electrons. The van der Waals surface area contributed by atoms with E-state index in [2.05, 4.69) is 6.58 Å². The number of rotatable bonds is 8. The molecule has 0 spiro atoms. The van der Waals surface area contributed by atoms with Crippen LogP contribution in [0.25, 0.3) is 0 Å². The van der Waals surface area contributed by atoms with E-state index in [1.165, 1.54) is 12.1 Å². The first kappa shape index (κ1) is 17.5. The van der Waals surface area contributed by atoms with Gasteiger partial charge >= 0.3 is 0 Å². The van der Waals surface area contributed by atoms with Crippen molar-refractivity contribution >= 4 is 10.1 Å². The van der Waals surface area contributed by atoms with Crippen LogP contribution in [0, 0.1) is 12.8 Å². The van der Waals surface area contributed by atoms with E-state index in [0.717, 1.165) is 5.56 Å². The van der Waals surface area contributed by atoms with Crippen LogP contribution < -0.4 is 0 Å². The van der Waals surface area contributed by atoms with Gasteiger partial charge in [-0.15, -0.1) is 0 Å². The van der Waals surface area contributed by atoms with Crippen molar-refractivity contribution in [2.45, 2.75) is 38.2 Å². The Hall–Kier alpha value is -1.53. The molecule has 0 aromatic heterocycles. The molecule has 2 atom stereocenters. The van der Waals surface area contributed by atoms with Crippen LogP contribution in [0.4, 0.5) is 0 Å². The monoisotopic (exact) mass is 314 g/mol. The maximum absolute atomic E-state index is 12.1. The molecular formula is C15H22O5S. The van der Waals surface area contributed by atoms with E-state index in [1.54, 1.807) is 19.1 Å². The Morgan fingerprint density at radius 1 is 1.33 bits per heavy atom. The Morgan fingerprint density at radius 3 is 2.38 bits per heavy atom. The summed E-state index contributed by atoms with van der Waals surface area (Å²) in [5.41, 5.74) is 0.975. The third-order valence-corrected chi connectivity index (χ3v) is 4.42. The summed E-state index contributed by atoms with van der Waals surface area (Å²) >= 11 is 0. The van der Waals surface area contributed by atoms with Crippen LogP contribution in [0.15, 0.2) is 41.7 Å². The molecule has 1 aromatic rings. The lowest BCUT2D eigenvalue weighted by molar-refractivity contribution is -0.00759. The summed E-state index contributed by atoms with van der Waals surface area (Å²) < 4.78 is 34.3. The third kappa shape index (κ3) is 5.40. The minimum Gasteiger partial charge on any atom is -0.481 e. The zero-order valence-corrected chi connectivity index (χ0v) is 13.4. The zero-order chi connectivity index (χ0) is 16.0. The van der Waals surface area contributed by atoms with Gasteiger partial charge in [-0.25, -0.2) is 0 Å². The second-order valence-corrected chi connectivity index (χ2v) is 6.60. The molecular weight excluding hydrogens is 292 g/mol. The van der Waals surface area contributed by atoms with Crippen molar-refractivity contribution in [1.29, 1.82) is 0 Å². The summed E-state index contributed by atoms with van der Waals surface area (Å²) in [5, 5.41) is 9.06. The first-order valence-electron chi connectivity index (χ1n) is 6.77. The number of aryl methyl sites for hydroxylation is 1. The number of benzene rings is 1. The SMILES string of the molecule is C=C(O)O[C@@H](CC)[C@@H](C)COS(=O)(=O)c1ccc(C)cc1. The Labute approximate surface area is 126 Å². The molecule has 0 heterocycles. The van der Waals surface area contributed by atoms with Crippen molar-refractivity contribution in [3.63, 3.8) is 0 Å². The van der Waals surface area contributed by atoms with Crippen molar-refractivity contribution in [3.05, 3.63) is 42.4 Å². The smallest absolute Gasteiger partial charge is 0.296 e. The van der Waals surface area contributed by atoms with E-state index < -0.39 is 10.1 Å². The average Bonchev–Trinajstić information content (AvgIpc) is 2.42. The Kier molecular flexibility index (Phi) is 6.23. The van der Waals surface area contributed by atoms with E-state index in [0.29, 0.717) is 6.42 Å². The number of aliphatic hydroxyl groups is 1. The number of ether oxygens (including phenoxy) is 1. The van der Waals surface area contributed by atoms with Crippen LogP contribution in [0.2, 0.25) is 0 Å². The second-order valence-electron chi connectivity index (χ2n) is 4.99. The Balaban J connectivity index is 2.68. The van der Waals surface area contributed by atoms with Crippen LogP contribution in [0.3, 0.4) is 0 Å². The highest BCUT2D eigenvalue weighted by molar-refractivity contribution is 7.86. The molecule has 0 fully saturated rings. The van der Waals surface area contributed by atoms with Gasteiger partial charge in [0.2, 0.25) is 0 Å². The zero-order valence-electron chi connectivity index (χ0n) is 12.6. The summed E-state index contributed by atoms with van der Waals surface area (Å²) in [6.45, 7) is 8.78. The van der Waals surface area contributed by atoms with E-state index in [4.69, 9.17) is 14.0 Å². The lowest BCUT2D eigenvalue weighted by Crippen LogP contribution is -2.26. The van der Waals surface area contributed by atoms with E-state index >= 15 is 0 Å². The molecule has 0 saturated heterocycles. The topological polar surface area (TPSA) is 72.8 Å². The van der Waals surface area contributed by atoms with Gasteiger partial charge < -0.3 is 9.84 Å². The highest BCUT2D eigenvalue weighted by atomic mass is 32.2. The molecule has 5 nitrogen and oxygen atoms in total. The normalized spacial score (nSPS) is 14.4. The van der Waals surface area contributed by atoms with Gasteiger partial charge in [0.25, 0.3) is 16.1 Å². The van der Waals surface area contributed by atoms with E-state index in [1.807, 2.05) is 13.8 Å². The standard InChI is InChI=1S/C15H22O5S/c1-5-15(20-13(4)16)12(3)10-19-21(17,18)14-8-6-11(2)7-9-14/h6-9,12,15-16H,4-5,10H2,1-3H3/t12-,15-/m0/s1. The van der Waals surface area contributed by atoms with Gasteiger partial charge in [-0.1, -0.05) is 31.5 Å². The summed E-state index contributed by atoms with van der Waals surface area (Å²) in [4.78, 5) is 0.126. The summed E-state index contributed by atoms with van der Waals surface area (Å²) in [5.74, 6) is -0.589. The molecule has 1 aromatic carbocycles. The maximum Gasteiger partial charge on any atom is 0.296 e. The van der Waals surface area contributed by atoms with Crippen molar-refractivity contribution in [2.24, 2.45) is 5.92 Å². The van der Waals surface area contributed by atoms with E-state index in [9.17, 15) is 8.42 Å². The quantitative estimate of drug-likeness (QED) is 0.589. The second kappa shape index (κ2) is 7.47. The third-order valence-electron chi connectivity index (χ3n) is 3.12. The molecule has 6 heteroatoms. The van der Waals surface area contributed by atoms with Gasteiger partial charge in [0.15, 0.2) is 0 Å². The molecule has 0 saturated carbocycles. The summed E-state index contributed by atoms with van der Waals surface area (Å²) in [6, 6.07) is 6.46. The molecule has 0 amide bonds. The number of hydrogen-bond acceptors (Lipinski definition) is 5. The molecule has 0 bridgehead atoms. The highest BCUT2D eigenvalue weighted by Gasteiger charge is 2.22. The largest absolute Gasteiger partial charge is 0.481 e. The summed E-state index contributed by atoms with van der Waals surface area (Å²) in [7, 11) is -3.78. The molecule has 1 rings (SSSR count). The molecule has 0 aliphatic carbocycles. The molecule has 0 aliphatic rings. The summed E-state index contributed by atoms with van der Waals surface area (Å²) in [6.07, 6.45) is 0.255. The lowest BCUT2D eigenvalue weighted by atomic mass is 10.0. The first-order valence-corrected chi connectivity index (χ1v) is 8.17. The van der Waals surface area contributed by atoms with Crippen molar-refractivity contribution in [2.75, 3.05) is 6.61 Å². The van der Waals surface area contributed by atoms with Crippen LogP contribution in [0.5, 0.6) is 0 Å². The van der Waals surface area contributed by atoms with Crippen molar-refractivity contribution < 1.29 is 22.4 Å². The molecule has 21 heavy (non-hydrogen) atoms. The average molecular weight is 314 g/mol. The van der Waals surface area contributed by atoms with E-state index in [-0.39, 0.29) is 29.5 Å². The Morgan fingerprint density at radius 2 is 1.90 bits per heavy atom. The van der Waals surface area contributed by atoms with Crippen LogP contribution in [-0.2, 0) is 19.0 Å². The van der Waals surface area contributed by atoms with Crippen LogP contribution in [0.1, 0.15) is 25.8 Å². The highest BCUT2D eigenvalue weighted by Crippen LogP contribution is 2.18. The Bertz CT molecular complexity index is 562. The number of hydrogen-bond donors (Lipinski definition) is 1. The van der Waals surface area contributed by atoms with Gasteiger partial charge in [-0.3, -0.25) is 4.18 Å². The minimum absolute atomic E-state index is 0.0258. The van der Waals surface area contributed by atoms with Crippen LogP contribution >= 0.6 is 0 Å². The van der Waals surface area contributed by atoms with Gasteiger partial charge in [-0.2, -0.15) is 8.42 Å². The van der Waals surface area contributed by atoms with Gasteiger partial charge in [0.05, 0.1) is 11.5 Å². The molecule has 0 unspecified atom stereocenters. The van der Waals surface area contributed by atoms with Crippen LogP contribution in [-0.4, -0.2) is 26.2 Å². The van der Waals surface area contributed by atoms with Gasteiger partial charge in [0, 0.05) is 5.92 Å². The number of aliphatic hydroxyl groups excluding tert-OH is 1. The maximum atomic E-state index is 12.1. The molecule has 0 aliphatic heterocycles. The fourth-order valence-corrected chi connectivity index (χ4v) is 2.85. The fraction of sp³-hybridized carbons (Fsp3) is 0.467. The van der Waals surface area contributed by atoms with Gasteiger partial charge in [0.1, 0.15) is 6.10 Å². The predicted molar refractivity (Wildman–Crippen MR) is 80.4 cm³/mol. The molecule has 0 radical (unpaired) electrons. The van der Waals surface area contributed by atoms with Crippen molar-refractivity contribution in [1.82, 2.24) is 0 Å². The predicted octanol–water partition coefficient (Wildman–Crippen LogP) is 3.16. The fourth-order valence-electron chi connectivity index (χ4n) is 1.85.